The predicted molar refractivity (Wildman–Crippen MR) is 86.3 cm³/mol. The minimum Gasteiger partial charge on any atom is -0.378 e. The quantitative estimate of drug-likeness (QED) is 0.756. The van der Waals surface area contributed by atoms with Gasteiger partial charge in [0.15, 0.2) is 0 Å². The van der Waals surface area contributed by atoms with Crippen LogP contribution in [0, 0.1) is 0 Å². The summed E-state index contributed by atoms with van der Waals surface area (Å²) in [6.07, 6.45) is -4.36. The fourth-order valence-corrected chi connectivity index (χ4v) is 2.52. The Morgan fingerprint density at radius 3 is 2.52 bits per heavy atom. The van der Waals surface area contributed by atoms with Gasteiger partial charge in [0.05, 0.1) is 24.8 Å². The number of halogens is 3. The van der Waals surface area contributed by atoms with Crippen LogP contribution < -0.4 is 16.0 Å². The van der Waals surface area contributed by atoms with Gasteiger partial charge in [-0.05, 0) is 24.3 Å². The lowest BCUT2D eigenvalue weighted by Gasteiger charge is -2.25. The molecule has 1 unspecified atom stereocenters. The van der Waals surface area contributed by atoms with Crippen molar-refractivity contribution in [2.24, 2.45) is 5.73 Å². The second-order valence-electron chi connectivity index (χ2n) is 5.63. The van der Waals surface area contributed by atoms with Crippen LogP contribution in [-0.4, -0.2) is 48.0 Å². The number of ether oxygens (including phenoxy) is 1. The molecule has 0 spiro atoms. The average molecular weight is 356 g/mol. The van der Waals surface area contributed by atoms with Gasteiger partial charge in [-0.3, -0.25) is 5.10 Å². The lowest BCUT2D eigenvalue weighted by Crippen LogP contribution is -2.37. The zero-order valence-corrected chi connectivity index (χ0v) is 13.4. The maximum atomic E-state index is 12.6. The number of alkyl halides is 3. The number of morpholine rings is 1. The zero-order valence-electron chi connectivity index (χ0n) is 13.4. The Morgan fingerprint density at radius 1 is 1.24 bits per heavy atom. The largest absolute Gasteiger partial charge is 0.416 e. The molecule has 0 amide bonds. The van der Waals surface area contributed by atoms with E-state index in [-0.39, 0.29) is 12.6 Å². The number of hydrogen-bond donors (Lipinski definition) is 3. The highest BCUT2D eigenvalue weighted by molar-refractivity contribution is 5.47. The second kappa shape index (κ2) is 7.28. The number of benzene rings is 1. The number of hydrogen-bond acceptors (Lipinski definition) is 6. The first-order chi connectivity index (χ1) is 12.0. The van der Waals surface area contributed by atoms with Gasteiger partial charge in [-0.1, -0.05) is 0 Å². The van der Waals surface area contributed by atoms with Crippen molar-refractivity contribution >= 4 is 11.6 Å². The van der Waals surface area contributed by atoms with Crippen molar-refractivity contribution < 1.29 is 17.9 Å². The van der Waals surface area contributed by atoms with E-state index in [4.69, 9.17) is 10.5 Å². The Morgan fingerprint density at radius 2 is 1.92 bits per heavy atom. The van der Waals surface area contributed by atoms with Crippen LogP contribution >= 0.6 is 0 Å². The van der Waals surface area contributed by atoms with Crippen LogP contribution in [0.25, 0.3) is 0 Å². The molecule has 1 saturated heterocycles. The van der Waals surface area contributed by atoms with Gasteiger partial charge in [-0.15, -0.1) is 5.10 Å². The summed E-state index contributed by atoms with van der Waals surface area (Å²) in [7, 11) is 0. The molecule has 1 aromatic carbocycles. The molecule has 0 aliphatic carbocycles. The molecule has 3 rings (SSSR count). The number of anilines is 2. The molecule has 7 nitrogen and oxygen atoms in total. The highest BCUT2D eigenvalue weighted by atomic mass is 19.4. The number of nitrogens with two attached hydrogens (primary N) is 1. The van der Waals surface area contributed by atoms with E-state index >= 15 is 0 Å². The monoisotopic (exact) mass is 356 g/mol. The zero-order chi connectivity index (χ0) is 17.9. The Bertz CT molecular complexity index is 681. The fraction of sp³-hybridized carbons (Fsp3) is 0.467. The van der Waals surface area contributed by atoms with E-state index in [1.165, 1.54) is 12.1 Å². The van der Waals surface area contributed by atoms with E-state index < -0.39 is 11.7 Å². The molecule has 10 heteroatoms. The van der Waals surface area contributed by atoms with Gasteiger partial charge in [0.25, 0.3) is 0 Å². The average Bonchev–Trinajstić information content (AvgIpc) is 3.10. The third-order valence-electron chi connectivity index (χ3n) is 3.90. The normalized spacial score (nSPS) is 16.7. The van der Waals surface area contributed by atoms with E-state index in [0.717, 1.165) is 12.1 Å². The van der Waals surface area contributed by atoms with Crippen LogP contribution in [0.3, 0.4) is 0 Å². The summed E-state index contributed by atoms with van der Waals surface area (Å²) >= 11 is 0. The summed E-state index contributed by atoms with van der Waals surface area (Å²) in [6, 6.07) is 4.39. The van der Waals surface area contributed by atoms with Gasteiger partial charge in [-0.2, -0.15) is 18.2 Å². The molecular weight excluding hydrogens is 337 g/mol. The van der Waals surface area contributed by atoms with E-state index in [0.29, 0.717) is 43.8 Å². The van der Waals surface area contributed by atoms with Crippen LogP contribution in [0.5, 0.6) is 0 Å². The number of aromatic amines is 1. The molecule has 1 fully saturated rings. The van der Waals surface area contributed by atoms with Crippen LogP contribution in [0.15, 0.2) is 24.3 Å². The minimum absolute atomic E-state index is 0.207. The lowest BCUT2D eigenvalue weighted by atomic mass is 10.2. The molecule has 0 bridgehead atoms. The minimum atomic E-state index is -4.36. The van der Waals surface area contributed by atoms with Crippen LogP contribution in [0.2, 0.25) is 0 Å². The van der Waals surface area contributed by atoms with Gasteiger partial charge in [-0.25, -0.2) is 0 Å². The topological polar surface area (TPSA) is 92.1 Å². The first kappa shape index (κ1) is 17.5. The molecule has 2 heterocycles. The van der Waals surface area contributed by atoms with Crippen molar-refractivity contribution in [3.8, 4) is 0 Å². The molecule has 1 aliphatic rings. The molecule has 2 aromatic rings. The Hall–Kier alpha value is -2.33. The van der Waals surface area contributed by atoms with Crippen LogP contribution in [-0.2, 0) is 10.9 Å². The highest BCUT2D eigenvalue weighted by Crippen LogP contribution is 2.30. The standard InChI is InChI=1S/C15H19F3N6O/c16-15(17,18)10-1-3-11(4-2-10)20-12(9-19)13-21-14(23-22-13)24-5-7-25-8-6-24/h1-4,12,20H,5-9,19H2,(H,21,22,23). The molecule has 1 aromatic heterocycles. The van der Waals surface area contributed by atoms with Crippen LogP contribution in [0.4, 0.5) is 24.8 Å². The fourth-order valence-electron chi connectivity index (χ4n) is 2.52. The number of aromatic nitrogens is 3. The smallest absolute Gasteiger partial charge is 0.378 e. The number of rotatable bonds is 5. The molecule has 1 aliphatic heterocycles. The SMILES string of the molecule is NCC(Nc1ccc(C(F)(F)F)cc1)c1nc(N2CCOCC2)n[nH]1. The predicted octanol–water partition coefficient (Wildman–Crippen LogP) is 1.77. The molecule has 0 saturated carbocycles. The number of nitrogens with one attached hydrogen (secondary N) is 2. The van der Waals surface area contributed by atoms with Crippen molar-refractivity contribution in [2.45, 2.75) is 12.2 Å². The van der Waals surface area contributed by atoms with Gasteiger partial charge in [0.2, 0.25) is 5.95 Å². The summed E-state index contributed by atoms with van der Waals surface area (Å²) in [5.74, 6) is 1.09. The summed E-state index contributed by atoms with van der Waals surface area (Å²) < 4.78 is 43.1. The molecule has 136 valence electrons. The van der Waals surface area contributed by atoms with Crippen molar-refractivity contribution in [1.29, 1.82) is 0 Å². The summed E-state index contributed by atoms with van der Waals surface area (Å²) in [6.45, 7) is 2.86. The molecule has 4 N–H and O–H groups in total. The Kier molecular flexibility index (Phi) is 5.09. The van der Waals surface area contributed by atoms with Gasteiger partial charge < -0.3 is 20.7 Å². The third kappa shape index (κ3) is 4.20. The molecular formula is C15H19F3N6O. The van der Waals surface area contributed by atoms with Crippen molar-refractivity contribution in [3.05, 3.63) is 35.7 Å². The highest BCUT2D eigenvalue weighted by Gasteiger charge is 2.30. The first-order valence-electron chi connectivity index (χ1n) is 7.86. The number of nitrogens with zero attached hydrogens (tertiary/aromatic N) is 3. The summed E-state index contributed by atoms with van der Waals surface area (Å²) in [5.41, 5.74) is 5.60. The second-order valence-corrected chi connectivity index (χ2v) is 5.63. The van der Waals surface area contributed by atoms with Crippen molar-refractivity contribution in [1.82, 2.24) is 15.2 Å². The van der Waals surface area contributed by atoms with Crippen LogP contribution in [0.1, 0.15) is 17.4 Å². The Balaban J connectivity index is 1.69. The molecule has 1 atom stereocenters. The van der Waals surface area contributed by atoms with E-state index in [2.05, 4.69) is 20.5 Å². The number of H-pyrrole nitrogens is 1. The summed E-state index contributed by atoms with van der Waals surface area (Å²) in [4.78, 5) is 6.43. The molecule has 0 radical (unpaired) electrons. The van der Waals surface area contributed by atoms with Gasteiger partial charge >= 0.3 is 6.18 Å². The Labute approximate surface area is 142 Å². The first-order valence-corrected chi connectivity index (χ1v) is 7.86. The third-order valence-corrected chi connectivity index (χ3v) is 3.90. The van der Waals surface area contributed by atoms with Crippen molar-refractivity contribution in [3.63, 3.8) is 0 Å². The summed E-state index contributed by atoms with van der Waals surface area (Å²) in [5, 5.41) is 10.1. The van der Waals surface area contributed by atoms with E-state index in [9.17, 15) is 13.2 Å². The lowest BCUT2D eigenvalue weighted by molar-refractivity contribution is -0.137. The van der Waals surface area contributed by atoms with E-state index in [1.54, 1.807) is 0 Å². The van der Waals surface area contributed by atoms with Crippen molar-refractivity contribution in [2.75, 3.05) is 43.1 Å². The van der Waals surface area contributed by atoms with Gasteiger partial charge in [0.1, 0.15) is 5.82 Å². The maximum absolute atomic E-state index is 12.6. The maximum Gasteiger partial charge on any atom is 0.416 e. The van der Waals surface area contributed by atoms with E-state index in [1.807, 2.05) is 4.90 Å². The van der Waals surface area contributed by atoms with Gasteiger partial charge in [0, 0.05) is 25.3 Å². The molecule has 25 heavy (non-hydrogen) atoms.